The highest BCUT2D eigenvalue weighted by Gasteiger charge is 2.43. The second-order valence-electron chi connectivity index (χ2n) is 11.4. The van der Waals surface area contributed by atoms with Crippen LogP contribution in [0.5, 0.6) is 17.2 Å². The van der Waals surface area contributed by atoms with Crippen molar-refractivity contribution in [2.24, 2.45) is 0 Å². The second kappa shape index (κ2) is 15.5. The number of rotatable bonds is 7. The topological polar surface area (TPSA) is 161 Å². The van der Waals surface area contributed by atoms with Crippen molar-refractivity contribution < 1.29 is 36.2 Å². The molecule has 0 spiro atoms. The first kappa shape index (κ1) is 37.0. The van der Waals surface area contributed by atoms with Gasteiger partial charge in [-0.1, -0.05) is 19.9 Å². The predicted octanol–water partition coefficient (Wildman–Crippen LogP) is 9.77. The number of nitrogens with zero attached hydrogens (tertiary/aromatic N) is 6. The summed E-state index contributed by atoms with van der Waals surface area (Å²) in [5, 5.41) is 7.61. The van der Waals surface area contributed by atoms with E-state index in [0.717, 1.165) is 10.9 Å². The average molecular weight is 769 g/mol. The van der Waals surface area contributed by atoms with E-state index in [9.17, 15) is 22.0 Å². The third-order valence-corrected chi connectivity index (χ3v) is 7.67. The minimum Gasteiger partial charge on any atom is -0.406 e. The first-order valence-electron chi connectivity index (χ1n) is 16.9. The maximum absolute atomic E-state index is 13.2. The van der Waals surface area contributed by atoms with Crippen LogP contribution in [0, 0.1) is 0 Å². The van der Waals surface area contributed by atoms with Crippen molar-refractivity contribution in [3.8, 4) is 40.0 Å². The van der Waals surface area contributed by atoms with Crippen LogP contribution in [-0.2, 0) is 0 Å². The van der Waals surface area contributed by atoms with Crippen LogP contribution in [0.4, 0.5) is 45.0 Å². The van der Waals surface area contributed by atoms with Gasteiger partial charge in [0.05, 0.1) is 10.8 Å². The molecule has 0 saturated heterocycles. The standard InChI is InChI=1S/C18H12F3N5O.C18H11F2N5O2.C2H6/c19-18(20,21)27-13-5-1-4-12(9-13)24-17-14-6-8-23-16(14)25-15(26-17)11-3-2-7-22-10-11;19-18(20)26-13-4-3-11(8-14(13)27-18)23-17-12-5-7-22-16(12)24-15(25-17)10-2-1-6-21-9-10;1-2/h1-10H,(H2,23,24,25,26);1-9H,(H2,22,23,24,25);1-2H3. The van der Waals surface area contributed by atoms with Gasteiger partial charge >= 0.3 is 12.7 Å². The molecule has 0 unspecified atom stereocenters. The summed E-state index contributed by atoms with van der Waals surface area (Å²) in [7, 11) is 0. The van der Waals surface area contributed by atoms with E-state index in [1.165, 1.54) is 30.3 Å². The molecule has 8 aromatic rings. The number of hydrogen-bond acceptors (Lipinski definition) is 11. The van der Waals surface area contributed by atoms with Crippen LogP contribution < -0.4 is 24.8 Å². The molecule has 4 N–H and O–H groups in total. The molecule has 2 aromatic carbocycles. The van der Waals surface area contributed by atoms with Crippen LogP contribution in [0.2, 0.25) is 0 Å². The highest BCUT2D eigenvalue weighted by molar-refractivity contribution is 5.91. The van der Waals surface area contributed by atoms with E-state index in [1.54, 1.807) is 67.5 Å². The fourth-order valence-corrected chi connectivity index (χ4v) is 5.39. The Hall–Kier alpha value is -7.37. The van der Waals surface area contributed by atoms with Gasteiger partial charge in [-0.15, -0.1) is 22.0 Å². The van der Waals surface area contributed by atoms with Crippen molar-refractivity contribution in [1.82, 2.24) is 39.9 Å². The van der Waals surface area contributed by atoms with Gasteiger partial charge in [-0.25, -0.2) is 19.9 Å². The average Bonchev–Trinajstić information content (AvgIpc) is 3.94. The lowest BCUT2D eigenvalue weighted by Gasteiger charge is -2.12. The van der Waals surface area contributed by atoms with Crippen molar-refractivity contribution in [3.05, 3.63) is 116 Å². The first-order valence-corrected chi connectivity index (χ1v) is 16.9. The molecule has 13 nitrogen and oxygen atoms in total. The van der Waals surface area contributed by atoms with Crippen LogP contribution in [0.3, 0.4) is 0 Å². The lowest BCUT2D eigenvalue weighted by molar-refractivity contribution is -0.286. The number of aromatic amines is 2. The number of pyridine rings is 2. The molecule has 0 fully saturated rings. The zero-order valence-corrected chi connectivity index (χ0v) is 29.3. The molecule has 9 rings (SSSR count). The number of hydrogen-bond donors (Lipinski definition) is 4. The first-order chi connectivity index (χ1) is 27.0. The van der Waals surface area contributed by atoms with Crippen LogP contribution in [0.15, 0.2) is 116 Å². The second-order valence-corrected chi connectivity index (χ2v) is 11.4. The van der Waals surface area contributed by atoms with Gasteiger partial charge < -0.3 is 34.8 Å². The number of H-pyrrole nitrogens is 2. The molecule has 56 heavy (non-hydrogen) atoms. The molecule has 284 valence electrons. The Morgan fingerprint density at radius 3 is 1.73 bits per heavy atom. The van der Waals surface area contributed by atoms with Gasteiger partial charge in [-0.2, -0.15) is 0 Å². The van der Waals surface area contributed by atoms with Gasteiger partial charge in [0, 0.05) is 71.8 Å². The number of aromatic nitrogens is 8. The molecule has 0 radical (unpaired) electrons. The Morgan fingerprint density at radius 1 is 0.643 bits per heavy atom. The quantitative estimate of drug-likeness (QED) is 0.114. The summed E-state index contributed by atoms with van der Waals surface area (Å²) in [5.74, 6) is 1.50. The number of halogens is 5. The fourth-order valence-electron chi connectivity index (χ4n) is 5.39. The summed E-state index contributed by atoms with van der Waals surface area (Å²) >= 11 is 0. The smallest absolute Gasteiger partial charge is 0.406 e. The minimum atomic E-state index is -4.76. The number of alkyl halides is 5. The van der Waals surface area contributed by atoms with E-state index < -0.39 is 12.7 Å². The predicted molar refractivity (Wildman–Crippen MR) is 198 cm³/mol. The zero-order valence-electron chi connectivity index (χ0n) is 29.3. The lowest BCUT2D eigenvalue weighted by atomic mass is 10.2. The molecule has 1 aliphatic rings. The Kier molecular flexibility index (Phi) is 10.3. The van der Waals surface area contributed by atoms with Crippen molar-refractivity contribution in [2.75, 3.05) is 10.6 Å². The van der Waals surface area contributed by atoms with E-state index in [-0.39, 0.29) is 17.2 Å². The van der Waals surface area contributed by atoms with Crippen LogP contribution in [0.1, 0.15) is 13.8 Å². The van der Waals surface area contributed by atoms with Crippen molar-refractivity contribution in [2.45, 2.75) is 26.5 Å². The minimum absolute atomic E-state index is 0.0175. The van der Waals surface area contributed by atoms with Gasteiger partial charge in [-0.05, 0) is 60.7 Å². The molecule has 7 heterocycles. The maximum Gasteiger partial charge on any atom is 0.586 e. The molecule has 6 aromatic heterocycles. The number of nitrogens with one attached hydrogen (secondary N) is 4. The van der Waals surface area contributed by atoms with Crippen LogP contribution >= 0.6 is 0 Å². The van der Waals surface area contributed by atoms with E-state index in [4.69, 9.17) is 0 Å². The molecule has 0 amide bonds. The van der Waals surface area contributed by atoms with Crippen molar-refractivity contribution >= 4 is 45.1 Å². The Bertz CT molecular complexity index is 2590. The van der Waals surface area contributed by atoms with E-state index in [0.29, 0.717) is 56.9 Å². The summed E-state index contributed by atoms with van der Waals surface area (Å²) in [6.45, 7) is 4.00. The van der Waals surface area contributed by atoms with Gasteiger partial charge in [0.1, 0.15) is 28.7 Å². The summed E-state index contributed by atoms with van der Waals surface area (Å²) in [4.78, 5) is 32.2. The summed E-state index contributed by atoms with van der Waals surface area (Å²) in [6, 6.07) is 20.8. The highest BCUT2D eigenvalue weighted by Crippen LogP contribution is 2.43. The molecule has 18 heteroatoms. The van der Waals surface area contributed by atoms with Crippen molar-refractivity contribution in [1.29, 1.82) is 0 Å². The van der Waals surface area contributed by atoms with Crippen LogP contribution in [0.25, 0.3) is 44.8 Å². The van der Waals surface area contributed by atoms with Gasteiger partial charge in [0.25, 0.3) is 0 Å². The zero-order chi connectivity index (χ0) is 39.3. The molecule has 0 atom stereocenters. The molecule has 0 aliphatic carbocycles. The summed E-state index contributed by atoms with van der Waals surface area (Å²) in [6.07, 6.45) is 1.65. The lowest BCUT2D eigenvalue weighted by Crippen LogP contribution is -2.25. The van der Waals surface area contributed by atoms with Gasteiger partial charge in [-0.3, -0.25) is 9.97 Å². The third kappa shape index (κ3) is 8.54. The van der Waals surface area contributed by atoms with E-state index >= 15 is 0 Å². The molecule has 1 aliphatic heterocycles. The van der Waals surface area contributed by atoms with E-state index in [2.05, 4.69) is 64.7 Å². The SMILES string of the molecule is CC.FC(F)(F)Oc1cccc(Nc2nc(-c3cccnc3)nc3[nH]ccc23)c1.FC1(F)Oc2ccc(Nc3nc(-c4cccnc4)nc4[nH]ccc34)cc2O1. The number of anilines is 4. The number of ether oxygens (including phenoxy) is 3. The van der Waals surface area contributed by atoms with Crippen molar-refractivity contribution in [3.63, 3.8) is 0 Å². The molecule has 0 saturated carbocycles. The Balaban J connectivity index is 0.000000164. The largest absolute Gasteiger partial charge is 0.586 e. The third-order valence-electron chi connectivity index (χ3n) is 7.67. The number of benzene rings is 2. The van der Waals surface area contributed by atoms with Gasteiger partial charge in [0.15, 0.2) is 23.1 Å². The van der Waals surface area contributed by atoms with E-state index in [1.807, 2.05) is 32.0 Å². The van der Waals surface area contributed by atoms with Crippen LogP contribution in [-0.4, -0.2) is 52.5 Å². The Labute approximate surface area is 314 Å². The monoisotopic (exact) mass is 768 g/mol. The molecular weight excluding hydrogens is 739 g/mol. The molecular formula is C38H29F5N10O3. The normalized spacial score (nSPS) is 12.6. The molecule has 0 bridgehead atoms. The van der Waals surface area contributed by atoms with Gasteiger partial charge in [0.2, 0.25) is 0 Å². The fraction of sp³-hybridized carbons (Fsp3) is 0.105. The summed E-state index contributed by atoms with van der Waals surface area (Å²) in [5.41, 5.74) is 3.62. The highest BCUT2D eigenvalue weighted by atomic mass is 19.4. The Morgan fingerprint density at radius 2 is 1.20 bits per heavy atom. The maximum atomic E-state index is 13.2. The number of fused-ring (bicyclic) bond motifs is 3. The summed E-state index contributed by atoms with van der Waals surface area (Å²) < 4.78 is 76.6.